The zero-order valence-corrected chi connectivity index (χ0v) is 21.9. The molecule has 0 saturated carbocycles. The second-order valence-electron chi connectivity index (χ2n) is 9.59. The summed E-state index contributed by atoms with van der Waals surface area (Å²) in [7, 11) is 0. The molecule has 1 aliphatic rings. The number of anilines is 1. The molecule has 4 rings (SSSR count). The van der Waals surface area contributed by atoms with Gasteiger partial charge in [0.05, 0.1) is 17.9 Å². The smallest absolute Gasteiger partial charge is 0.341 e. The minimum atomic E-state index is -0.332. The first-order chi connectivity index (χ1) is 16.7. The average Bonchev–Trinajstić information content (AvgIpc) is 3.44. The summed E-state index contributed by atoms with van der Waals surface area (Å²) in [5, 5.41) is 16.1. The molecule has 35 heavy (non-hydrogen) atoms. The summed E-state index contributed by atoms with van der Waals surface area (Å²) in [5.74, 6) is -0.0979. The highest BCUT2D eigenvalue weighted by Gasteiger charge is 2.34. The van der Waals surface area contributed by atoms with Crippen LogP contribution in [0, 0.1) is 28.5 Å². The van der Waals surface area contributed by atoms with Crippen LogP contribution >= 0.6 is 22.7 Å². The van der Waals surface area contributed by atoms with E-state index < -0.39 is 0 Å². The van der Waals surface area contributed by atoms with Gasteiger partial charge in [0.15, 0.2) is 0 Å². The lowest BCUT2D eigenvalue weighted by Gasteiger charge is -2.33. The van der Waals surface area contributed by atoms with Gasteiger partial charge in [0.1, 0.15) is 27.5 Å². The lowest BCUT2D eigenvalue weighted by atomic mass is 9.72. The lowest BCUT2D eigenvalue weighted by Crippen LogP contribution is -2.26. The monoisotopic (exact) mass is 509 g/mol. The molecule has 1 atom stereocenters. The summed E-state index contributed by atoms with van der Waals surface area (Å²) in [6.07, 6.45) is 4.41. The number of nitriles is 1. The Morgan fingerprint density at radius 1 is 1.34 bits per heavy atom. The van der Waals surface area contributed by atoms with Crippen molar-refractivity contribution in [3.05, 3.63) is 62.7 Å². The molecule has 1 aliphatic carbocycles. The van der Waals surface area contributed by atoms with Crippen molar-refractivity contribution < 1.29 is 13.9 Å². The molecule has 0 spiro atoms. The summed E-state index contributed by atoms with van der Waals surface area (Å²) in [6, 6.07) is 8.29. The first-order valence-corrected chi connectivity index (χ1v) is 13.3. The van der Waals surface area contributed by atoms with Crippen molar-refractivity contribution in [1.29, 1.82) is 5.26 Å². The summed E-state index contributed by atoms with van der Waals surface area (Å²) in [5.41, 5.74) is 3.66. The van der Waals surface area contributed by atoms with Gasteiger partial charge in [0.2, 0.25) is 0 Å². The molecule has 0 fully saturated rings. The van der Waals surface area contributed by atoms with E-state index in [0.29, 0.717) is 39.4 Å². The molecule has 0 aliphatic heterocycles. The average molecular weight is 510 g/mol. The zero-order chi connectivity index (χ0) is 25.2. The highest BCUT2D eigenvalue weighted by Crippen LogP contribution is 2.44. The number of hydrogen-bond acceptors (Lipinski definition) is 7. The molecule has 8 heteroatoms. The number of aromatic nitrogens is 1. The predicted molar refractivity (Wildman–Crippen MR) is 140 cm³/mol. The Balaban J connectivity index is 1.63. The van der Waals surface area contributed by atoms with Crippen LogP contribution in [-0.2, 0) is 17.6 Å². The third kappa shape index (κ3) is 5.47. The number of thiophene rings is 1. The second-order valence-corrected chi connectivity index (χ2v) is 11.6. The quantitative estimate of drug-likeness (QED) is 0.278. The number of carbonyl (C=O) groups is 1. The number of esters is 1. The molecule has 0 bridgehead atoms. The van der Waals surface area contributed by atoms with E-state index in [2.05, 4.69) is 37.1 Å². The highest BCUT2D eigenvalue weighted by molar-refractivity contribution is 7.16. The fourth-order valence-corrected chi connectivity index (χ4v) is 6.36. The molecular weight excluding hydrogens is 481 g/mol. The Kier molecular flexibility index (Phi) is 7.39. The third-order valence-corrected chi connectivity index (χ3v) is 8.37. The van der Waals surface area contributed by atoms with E-state index in [0.717, 1.165) is 30.4 Å². The Morgan fingerprint density at radius 2 is 2.09 bits per heavy atom. The van der Waals surface area contributed by atoms with E-state index >= 15 is 0 Å². The van der Waals surface area contributed by atoms with E-state index in [1.54, 1.807) is 36.6 Å². The Hall–Kier alpha value is -3.02. The van der Waals surface area contributed by atoms with Crippen LogP contribution in [0.4, 0.5) is 9.39 Å². The number of halogens is 1. The minimum Gasteiger partial charge on any atom is -0.462 e. The maximum Gasteiger partial charge on any atom is 0.341 e. The van der Waals surface area contributed by atoms with Gasteiger partial charge in [-0.2, -0.15) is 5.26 Å². The number of rotatable bonds is 6. The maximum atomic E-state index is 13.2. The third-order valence-electron chi connectivity index (χ3n) is 6.31. The van der Waals surface area contributed by atoms with Crippen LogP contribution in [0.2, 0.25) is 0 Å². The fourth-order valence-electron chi connectivity index (χ4n) is 4.28. The Morgan fingerprint density at radius 3 is 2.74 bits per heavy atom. The number of carbonyl (C=O) groups excluding carboxylic acids is 1. The van der Waals surface area contributed by atoms with Gasteiger partial charge >= 0.3 is 5.97 Å². The number of benzene rings is 1. The van der Waals surface area contributed by atoms with Gasteiger partial charge in [-0.1, -0.05) is 20.8 Å². The van der Waals surface area contributed by atoms with E-state index in [1.807, 2.05) is 5.38 Å². The van der Waals surface area contributed by atoms with Crippen LogP contribution in [-0.4, -0.2) is 17.6 Å². The predicted octanol–water partition coefficient (Wildman–Crippen LogP) is 7.31. The minimum absolute atomic E-state index is 0.195. The molecule has 1 aromatic carbocycles. The van der Waals surface area contributed by atoms with Gasteiger partial charge in [-0.25, -0.2) is 14.2 Å². The summed E-state index contributed by atoms with van der Waals surface area (Å²) < 4.78 is 18.6. The Bertz CT molecular complexity index is 1290. The number of nitrogens with zero attached hydrogens (tertiary/aromatic N) is 2. The largest absolute Gasteiger partial charge is 0.462 e. The SMILES string of the molecule is CCOC(=O)c1c(N/C=C(/C#N)c2nc(-c3ccc(F)cc3)cs2)sc2c1CC[C@@H](C(C)(C)C)C2. The van der Waals surface area contributed by atoms with E-state index in [1.165, 1.54) is 28.3 Å². The second kappa shape index (κ2) is 10.3. The molecule has 3 aromatic rings. The first-order valence-electron chi connectivity index (χ1n) is 11.6. The van der Waals surface area contributed by atoms with Crippen molar-refractivity contribution in [2.75, 3.05) is 11.9 Å². The molecule has 2 heterocycles. The molecule has 0 saturated heterocycles. The number of ether oxygens (including phenoxy) is 1. The molecule has 1 N–H and O–H groups in total. The molecule has 0 unspecified atom stereocenters. The molecule has 5 nitrogen and oxygen atoms in total. The number of hydrogen-bond donors (Lipinski definition) is 1. The normalized spacial score (nSPS) is 15.9. The van der Waals surface area contributed by atoms with Crippen molar-refractivity contribution in [2.24, 2.45) is 11.3 Å². The molecular formula is C27H28FN3O2S2. The van der Waals surface area contributed by atoms with Crippen molar-refractivity contribution in [3.63, 3.8) is 0 Å². The van der Waals surface area contributed by atoms with Crippen molar-refractivity contribution in [3.8, 4) is 17.3 Å². The number of fused-ring (bicyclic) bond motifs is 1. The molecule has 182 valence electrons. The van der Waals surface area contributed by atoms with E-state index in [-0.39, 0.29) is 17.2 Å². The number of allylic oxidation sites excluding steroid dienone is 1. The first kappa shape index (κ1) is 25.1. The summed E-state index contributed by atoms with van der Waals surface area (Å²) in [4.78, 5) is 18.6. The van der Waals surface area contributed by atoms with Crippen molar-refractivity contribution in [1.82, 2.24) is 4.98 Å². The number of thiazole rings is 1. The van der Waals surface area contributed by atoms with Crippen molar-refractivity contribution in [2.45, 2.75) is 47.0 Å². The topological polar surface area (TPSA) is 75.0 Å². The highest BCUT2D eigenvalue weighted by atomic mass is 32.1. The van der Waals surface area contributed by atoms with Gasteiger partial charge in [0, 0.05) is 22.0 Å². The summed E-state index contributed by atoms with van der Waals surface area (Å²) in [6.45, 7) is 8.89. The van der Waals surface area contributed by atoms with Gasteiger partial charge < -0.3 is 10.1 Å². The zero-order valence-electron chi connectivity index (χ0n) is 20.3. The van der Waals surface area contributed by atoms with Crippen LogP contribution in [0.25, 0.3) is 16.8 Å². The molecule has 0 radical (unpaired) electrons. The molecule has 0 amide bonds. The van der Waals surface area contributed by atoms with Crippen LogP contribution in [0.5, 0.6) is 0 Å². The van der Waals surface area contributed by atoms with Gasteiger partial charge in [-0.15, -0.1) is 22.7 Å². The maximum absolute atomic E-state index is 13.2. The van der Waals surface area contributed by atoms with Crippen LogP contribution in [0.15, 0.2) is 35.8 Å². The molecule has 2 aromatic heterocycles. The van der Waals surface area contributed by atoms with Crippen LogP contribution in [0.1, 0.15) is 59.9 Å². The lowest BCUT2D eigenvalue weighted by molar-refractivity contribution is 0.0526. The van der Waals surface area contributed by atoms with Gasteiger partial charge in [0.25, 0.3) is 0 Å². The Labute approximate surface area is 213 Å². The fraction of sp³-hybridized carbons (Fsp3) is 0.370. The van der Waals surface area contributed by atoms with Crippen molar-refractivity contribution >= 4 is 39.2 Å². The summed E-state index contributed by atoms with van der Waals surface area (Å²) >= 11 is 2.91. The van der Waals surface area contributed by atoms with E-state index in [9.17, 15) is 14.4 Å². The van der Waals surface area contributed by atoms with E-state index in [4.69, 9.17) is 4.74 Å². The standard InChI is InChI=1S/C27H28FN3O2S2/c1-5-33-26(32)23-20-11-8-18(27(2,3)4)12-22(20)35-25(23)30-14-17(13-29)24-31-21(15-34-24)16-6-9-19(28)10-7-16/h6-7,9-10,14-15,18,30H,5,8,11-12H2,1-4H3/b17-14-/t18-/m1/s1. The number of nitrogens with one attached hydrogen (secondary N) is 1. The van der Waals surface area contributed by atoms with Crippen LogP contribution < -0.4 is 5.32 Å². The van der Waals surface area contributed by atoms with Crippen LogP contribution in [0.3, 0.4) is 0 Å². The van der Waals surface area contributed by atoms with Gasteiger partial charge in [-0.05, 0) is 67.3 Å². The van der Waals surface area contributed by atoms with Gasteiger partial charge in [-0.3, -0.25) is 0 Å².